The summed E-state index contributed by atoms with van der Waals surface area (Å²) in [6, 6.07) is 0. The SMILES string of the molecule is CCCC(=O)CC(C=CC(C)=O)(CCC(=O)CC)CC(=O)C(=O)CC. The van der Waals surface area contributed by atoms with Gasteiger partial charge in [-0.05, 0) is 25.8 Å². The van der Waals surface area contributed by atoms with Gasteiger partial charge in [-0.3, -0.25) is 24.0 Å². The molecule has 0 radical (unpaired) electrons. The predicted molar refractivity (Wildman–Crippen MR) is 96.2 cm³/mol. The van der Waals surface area contributed by atoms with Crippen LogP contribution in [0.3, 0.4) is 0 Å². The summed E-state index contributed by atoms with van der Waals surface area (Å²) < 4.78 is 0. The van der Waals surface area contributed by atoms with Gasteiger partial charge in [-0.1, -0.05) is 26.8 Å². The third-order valence-corrected chi connectivity index (χ3v) is 4.19. The van der Waals surface area contributed by atoms with Crippen LogP contribution in [0.15, 0.2) is 12.2 Å². The summed E-state index contributed by atoms with van der Waals surface area (Å²) >= 11 is 0. The highest BCUT2D eigenvalue weighted by molar-refractivity contribution is 6.37. The van der Waals surface area contributed by atoms with Crippen LogP contribution in [0, 0.1) is 5.41 Å². The van der Waals surface area contributed by atoms with E-state index in [4.69, 9.17) is 0 Å². The van der Waals surface area contributed by atoms with Crippen molar-refractivity contribution in [2.75, 3.05) is 0 Å². The van der Waals surface area contributed by atoms with Gasteiger partial charge in [-0.25, -0.2) is 0 Å². The highest BCUT2D eigenvalue weighted by Crippen LogP contribution is 2.36. The molecule has 0 spiro atoms. The van der Waals surface area contributed by atoms with Crippen LogP contribution in [0.2, 0.25) is 0 Å². The van der Waals surface area contributed by atoms with Crippen molar-refractivity contribution in [1.29, 1.82) is 0 Å². The molecule has 25 heavy (non-hydrogen) atoms. The fourth-order valence-corrected chi connectivity index (χ4v) is 2.68. The van der Waals surface area contributed by atoms with Crippen LogP contribution in [0.1, 0.15) is 79.1 Å². The summed E-state index contributed by atoms with van der Waals surface area (Å²) in [6.45, 7) is 6.63. The standard InChI is InChI=1S/C20H30O5/c1-5-8-17(23)13-20(11-9-15(4)21,12-10-16(22)6-2)14-19(25)18(24)7-3/h9,11H,5-8,10,12-14H2,1-4H3. The van der Waals surface area contributed by atoms with E-state index in [9.17, 15) is 24.0 Å². The largest absolute Gasteiger partial charge is 0.300 e. The number of hydrogen-bond donors (Lipinski definition) is 0. The Balaban J connectivity index is 5.69. The van der Waals surface area contributed by atoms with Crippen molar-refractivity contribution in [1.82, 2.24) is 0 Å². The Morgan fingerprint density at radius 1 is 0.800 bits per heavy atom. The minimum Gasteiger partial charge on any atom is -0.300 e. The van der Waals surface area contributed by atoms with E-state index in [-0.39, 0.29) is 49.5 Å². The molecule has 5 heteroatoms. The van der Waals surface area contributed by atoms with Crippen molar-refractivity contribution in [2.45, 2.75) is 79.1 Å². The fourth-order valence-electron chi connectivity index (χ4n) is 2.68. The Hall–Kier alpha value is -1.91. The average Bonchev–Trinajstić information content (AvgIpc) is 2.57. The maximum atomic E-state index is 12.2. The lowest BCUT2D eigenvalue weighted by Gasteiger charge is -2.29. The van der Waals surface area contributed by atoms with Crippen molar-refractivity contribution in [3.63, 3.8) is 0 Å². The molecule has 140 valence electrons. The Labute approximate surface area is 150 Å². The molecule has 0 fully saturated rings. The lowest BCUT2D eigenvalue weighted by Crippen LogP contribution is -2.30. The van der Waals surface area contributed by atoms with Crippen LogP contribution in [0.4, 0.5) is 0 Å². The summed E-state index contributed by atoms with van der Waals surface area (Å²) in [7, 11) is 0. The Kier molecular flexibility index (Phi) is 10.7. The van der Waals surface area contributed by atoms with Crippen LogP contribution in [0.5, 0.6) is 0 Å². The first-order valence-electron chi connectivity index (χ1n) is 8.98. The molecule has 0 bridgehead atoms. The molecule has 0 saturated carbocycles. The molecule has 0 amide bonds. The topological polar surface area (TPSA) is 85.3 Å². The van der Waals surface area contributed by atoms with Gasteiger partial charge in [-0.15, -0.1) is 0 Å². The first-order chi connectivity index (χ1) is 11.7. The Morgan fingerprint density at radius 3 is 1.92 bits per heavy atom. The lowest BCUT2D eigenvalue weighted by atomic mass is 9.72. The molecule has 0 saturated heterocycles. The number of carbonyl (C=O) groups excluding carboxylic acids is 5. The number of rotatable bonds is 14. The molecular formula is C20H30O5. The van der Waals surface area contributed by atoms with E-state index in [2.05, 4.69) is 0 Å². The first-order valence-corrected chi connectivity index (χ1v) is 8.98. The highest BCUT2D eigenvalue weighted by Gasteiger charge is 2.34. The zero-order valence-electron chi connectivity index (χ0n) is 15.9. The van der Waals surface area contributed by atoms with Crippen molar-refractivity contribution < 1.29 is 24.0 Å². The number of hydrogen-bond acceptors (Lipinski definition) is 5. The molecule has 0 aliphatic carbocycles. The summed E-state index contributed by atoms with van der Waals surface area (Å²) in [5.74, 6) is -1.26. The van der Waals surface area contributed by atoms with E-state index in [1.165, 1.54) is 13.0 Å². The van der Waals surface area contributed by atoms with Gasteiger partial charge < -0.3 is 0 Å². The Morgan fingerprint density at radius 2 is 1.44 bits per heavy atom. The molecule has 1 unspecified atom stereocenters. The molecule has 0 rings (SSSR count). The molecule has 0 aliphatic rings. The van der Waals surface area contributed by atoms with Gasteiger partial charge in [0, 0.05) is 43.9 Å². The minimum atomic E-state index is -0.954. The quantitative estimate of drug-likeness (QED) is 0.353. The second-order valence-corrected chi connectivity index (χ2v) is 6.54. The molecule has 5 nitrogen and oxygen atoms in total. The van der Waals surface area contributed by atoms with Crippen LogP contribution in [0.25, 0.3) is 0 Å². The van der Waals surface area contributed by atoms with E-state index < -0.39 is 17.0 Å². The summed E-state index contributed by atoms with van der Waals surface area (Å²) in [5.41, 5.74) is -0.954. The molecule has 0 aromatic rings. The zero-order chi connectivity index (χ0) is 19.5. The van der Waals surface area contributed by atoms with E-state index in [1.54, 1.807) is 19.9 Å². The smallest absolute Gasteiger partial charge is 0.199 e. The summed E-state index contributed by atoms with van der Waals surface area (Å²) in [6.07, 6.45) is 4.83. The number of carbonyl (C=O) groups is 5. The number of ketones is 5. The maximum Gasteiger partial charge on any atom is 0.199 e. The maximum absolute atomic E-state index is 12.2. The third-order valence-electron chi connectivity index (χ3n) is 4.19. The van der Waals surface area contributed by atoms with Gasteiger partial charge in [-0.2, -0.15) is 0 Å². The van der Waals surface area contributed by atoms with Gasteiger partial charge in [0.05, 0.1) is 0 Å². The first kappa shape index (κ1) is 23.1. The van der Waals surface area contributed by atoms with Crippen molar-refractivity contribution in [3.05, 3.63) is 12.2 Å². The summed E-state index contributed by atoms with van der Waals surface area (Å²) in [4.78, 5) is 59.3. The predicted octanol–water partition coefficient (Wildman–Crippen LogP) is 3.57. The van der Waals surface area contributed by atoms with Crippen LogP contribution in [-0.4, -0.2) is 28.9 Å². The van der Waals surface area contributed by atoms with Gasteiger partial charge in [0.15, 0.2) is 17.3 Å². The van der Waals surface area contributed by atoms with Gasteiger partial charge in [0.25, 0.3) is 0 Å². The zero-order valence-corrected chi connectivity index (χ0v) is 15.9. The minimum absolute atomic E-state index is 0.0257. The fraction of sp³-hybridized carbons (Fsp3) is 0.650. The average molecular weight is 350 g/mol. The molecule has 0 aliphatic heterocycles. The van der Waals surface area contributed by atoms with Crippen LogP contribution in [-0.2, 0) is 24.0 Å². The monoisotopic (exact) mass is 350 g/mol. The van der Waals surface area contributed by atoms with Gasteiger partial charge >= 0.3 is 0 Å². The molecule has 0 heterocycles. The van der Waals surface area contributed by atoms with Gasteiger partial charge in [0.2, 0.25) is 0 Å². The normalized spacial score (nSPS) is 13.4. The van der Waals surface area contributed by atoms with E-state index in [0.29, 0.717) is 19.3 Å². The van der Waals surface area contributed by atoms with E-state index >= 15 is 0 Å². The molecule has 0 aromatic carbocycles. The van der Waals surface area contributed by atoms with Gasteiger partial charge in [0.1, 0.15) is 11.6 Å². The number of allylic oxidation sites excluding steroid dienone is 2. The number of Topliss-reactive ketones (excluding diaryl/α,β-unsaturated/α-hetero) is 4. The third kappa shape index (κ3) is 9.22. The van der Waals surface area contributed by atoms with Crippen molar-refractivity contribution >= 4 is 28.9 Å². The lowest BCUT2D eigenvalue weighted by molar-refractivity contribution is -0.138. The highest BCUT2D eigenvalue weighted by atomic mass is 16.2. The molecule has 0 aromatic heterocycles. The van der Waals surface area contributed by atoms with Crippen molar-refractivity contribution in [3.8, 4) is 0 Å². The second-order valence-electron chi connectivity index (χ2n) is 6.54. The van der Waals surface area contributed by atoms with Crippen molar-refractivity contribution in [2.24, 2.45) is 5.41 Å². The second kappa shape index (κ2) is 11.6. The van der Waals surface area contributed by atoms with Crippen LogP contribution >= 0.6 is 0 Å². The molecular weight excluding hydrogens is 320 g/mol. The van der Waals surface area contributed by atoms with Crippen LogP contribution < -0.4 is 0 Å². The summed E-state index contributed by atoms with van der Waals surface area (Å²) in [5, 5.41) is 0. The van der Waals surface area contributed by atoms with E-state index in [0.717, 1.165) is 0 Å². The molecule has 1 atom stereocenters. The Bertz CT molecular complexity index is 544. The van der Waals surface area contributed by atoms with E-state index in [1.807, 2.05) is 6.92 Å². The molecule has 0 N–H and O–H groups in total.